The van der Waals surface area contributed by atoms with Crippen LogP contribution in [0.1, 0.15) is 101 Å². The molecule has 3 aliphatic heterocycles. The fraction of sp³-hybridized carbons (Fsp3) is 0.696. The van der Waals surface area contributed by atoms with Crippen LogP contribution in [0.15, 0.2) is 39.0 Å². The Labute approximate surface area is 385 Å². The number of carbonyl (C=O) groups excluding carboxylic acids is 4. The summed E-state index contributed by atoms with van der Waals surface area (Å²) in [7, 11) is 3.63. The fourth-order valence-electron chi connectivity index (χ4n) is 9.20. The van der Waals surface area contributed by atoms with Crippen LogP contribution in [-0.4, -0.2) is 142 Å². The molecule has 3 aliphatic rings. The maximum Gasteiger partial charge on any atom is 0.351 e. The molecule has 3 N–H and O–H groups in total. The van der Waals surface area contributed by atoms with Crippen molar-refractivity contribution in [3.8, 4) is 11.6 Å². The molecule has 0 aromatic carbocycles. The number of carbonyl (C=O) groups is 4. The maximum atomic E-state index is 17.1. The number of nitrogen functional groups attached to an aromatic ring is 1. The molecule has 5 heterocycles. The molecule has 2 aromatic rings. The number of nitrogens with zero attached hydrogens (tertiary/aromatic N) is 5. The number of Topliss-reactive ketones (excluding diaryl/α,β-unsaturated/α-hetero) is 1. The molecule has 0 unspecified atom stereocenters. The summed E-state index contributed by atoms with van der Waals surface area (Å²) in [4.78, 5) is 75.5. The molecule has 20 heteroatoms. The van der Waals surface area contributed by atoms with Gasteiger partial charge < -0.3 is 53.4 Å². The largest absolute Gasteiger partial charge is 0.457 e. The van der Waals surface area contributed by atoms with E-state index < -0.39 is 101 Å². The van der Waals surface area contributed by atoms with Crippen LogP contribution in [0.2, 0.25) is 0 Å². The van der Waals surface area contributed by atoms with Gasteiger partial charge in [-0.3, -0.25) is 14.4 Å². The molecule has 1 amide bonds. The average Bonchev–Trinajstić information content (AvgIpc) is 3.73. The first kappa shape index (κ1) is 52.2. The molecule has 2 aromatic heterocycles. The third-order valence-electron chi connectivity index (χ3n) is 12.6. The number of ether oxygens (including phenoxy) is 6. The van der Waals surface area contributed by atoms with Gasteiger partial charge in [0.2, 0.25) is 11.8 Å². The average molecular weight is 931 g/mol. The van der Waals surface area contributed by atoms with Crippen molar-refractivity contribution in [2.24, 2.45) is 27.9 Å². The van der Waals surface area contributed by atoms with Gasteiger partial charge in [0.05, 0.1) is 43.2 Å². The van der Waals surface area contributed by atoms with Crippen molar-refractivity contribution in [2.45, 2.75) is 161 Å². The number of likely N-dealkylation sites (N-methyl/N-ethyl adjacent to an activating group) is 1. The number of ketones is 1. The predicted molar refractivity (Wildman–Crippen MR) is 237 cm³/mol. The van der Waals surface area contributed by atoms with E-state index in [1.165, 1.54) is 27.0 Å². The van der Waals surface area contributed by atoms with Gasteiger partial charge in [0, 0.05) is 30.9 Å². The number of aliphatic imine (C=N–C) groups is 1. The smallest absolute Gasteiger partial charge is 0.351 e. The number of oxazole rings is 1. The quantitative estimate of drug-likeness (QED) is 0.184. The molecular formula is C46H67FN6O13. The van der Waals surface area contributed by atoms with Crippen LogP contribution in [0.3, 0.4) is 0 Å². The normalized spacial score (nSPS) is 36.3. The second kappa shape index (κ2) is 21.5. The number of nitrogens with two attached hydrogens (primary N) is 1. The van der Waals surface area contributed by atoms with Gasteiger partial charge in [-0.05, 0) is 79.1 Å². The zero-order valence-electron chi connectivity index (χ0n) is 40.1. The van der Waals surface area contributed by atoms with Crippen LogP contribution in [0.5, 0.6) is 0 Å². The Hall–Kier alpha value is -4.73. The van der Waals surface area contributed by atoms with Crippen molar-refractivity contribution in [1.29, 1.82) is 0 Å². The Morgan fingerprint density at radius 1 is 1.06 bits per heavy atom. The Bertz CT molecular complexity index is 2110. The highest BCUT2D eigenvalue weighted by Gasteiger charge is 2.57. The number of hydrogen-bond acceptors (Lipinski definition) is 18. The van der Waals surface area contributed by atoms with E-state index in [4.69, 9.17) is 43.4 Å². The lowest BCUT2D eigenvalue weighted by molar-refractivity contribution is -0.299. The van der Waals surface area contributed by atoms with Gasteiger partial charge in [0.1, 0.15) is 40.9 Å². The second-order valence-electron chi connectivity index (χ2n) is 18.4. The number of oxime groups is 1. The van der Waals surface area contributed by atoms with Gasteiger partial charge in [0.25, 0.3) is 5.67 Å². The van der Waals surface area contributed by atoms with Crippen LogP contribution in [0.4, 0.5) is 10.2 Å². The number of rotatable bonds is 10. The monoisotopic (exact) mass is 930 g/mol. The number of amides is 1. The fourth-order valence-corrected chi connectivity index (χ4v) is 9.20. The zero-order valence-corrected chi connectivity index (χ0v) is 40.1. The van der Waals surface area contributed by atoms with Gasteiger partial charge in [0.15, 0.2) is 24.8 Å². The molecule has 19 nitrogen and oxygen atoms in total. The number of hydrogen-bond donors (Lipinski definition) is 2. The Kier molecular flexibility index (Phi) is 17.0. The van der Waals surface area contributed by atoms with Crippen LogP contribution < -0.4 is 5.73 Å². The van der Waals surface area contributed by atoms with Crippen LogP contribution >= 0.6 is 0 Å². The van der Waals surface area contributed by atoms with E-state index in [1.807, 2.05) is 32.8 Å². The van der Waals surface area contributed by atoms with Crippen molar-refractivity contribution in [2.75, 3.05) is 33.0 Å². The van der Waals surface area contributed by atoms with Gasteiger partial charge in [-0.1, -0.05) is 45.8 Å². The van der Waals surface area contributed by atoms with E-state index in [2.05, 4.69) is 20.1 Å². The Morgan fingerprint density at radius 3 is 2.41 bits per heavy atom. The molecule has 366 valence electrons. The zero-order chi connectivity index (χ0) is 48.9. The predicted octanol–water partition coefficient (Wildman–Crippen LogP) is 4.81. The molecule has 13 atom stereocenters. The van der Waals surface area contributed by atoms with Crippen molar-refractivity contribution < 1.29 is 66.4 Å². The van der Waals surface area contributed by atoms with E-state index >= 15 is 4.39 Å². The molecule has 5 rings (SSSR count). The van der Waals surface area contributed by atoms with Crippen molar-refractivity contribution in [3.63, 3.8) is 0 Å². The number of anilines is 1. The highest BCUT2D eigenvalue weighted by molar-refractivity contribution is 6.08. The second-order valence-corrected chi connectivity index (χ2v) is 18.4. The molecule has 66 heavy (non-hydrogen) atoms. The highest BCUT2D eigenvalue weighted by atomic mass is 19.1. The van der Waals surface area contributed by atoms with Gasteiger partial charge in [-0.25, -0.2) is 24.1 Å². The van der Waals surface area contributed by atoms with E-state index in [-0.39, 0.29) is 56.5 Å². The van der Waals surface area contributed by atoms with Gasteiger partial charge in [-0.15, -0.1) is 0 Å². The maximum absolute atomic E-state index is 17.1. The lowest BCUT2D eigenvalue weighted by atomic mass is 9.73. The summed E-state index contributed by atoms with van der Waals surface area (Å²) >= 11 is 0. The summed E-state index contributed by atoms with van der Waals surface area (Å²) < 4.78 is 60.9. The number of alkyl halides is 1. The van der Waals surface area contributed by atoms with Crippen molar-refractivity contribution in [3.05, 3.63) is 30.2 Å². The summed E-state index contributed by atoms with van der Waals surface area (Å²) in [6.45, 7) is 14.3. The van der Waals surface area contributed by atoms with Gasteiger partial charge >= 0.3 is 11.9 Å². The summed E-state index contributed by atoms with van der Waals surface area (Å²) in [5.41, 5.74) is 0.0614. The van der Waals surface area contributed by atoms with Crippen molar-refractivity contribution in [1.82, 2.24) is 14.9 Å². The summed E-state index contributed by atoms with van der Waals surface area (Å²) in [6.07, 6.45) is -5.20. The van der Waals surface area contributed by atoms with Crippen molar-refractivity contribution >= 4 is 40.9 Å². The van der Waals surface area contributed by atoms with E-state index in [9.17, 15) is 24.3 Å². The number of aliphatic hydroxyl groups is 1. The first-order valence-electron chi connectivity index (χ1n) is 22.5. The molecule has 0 aliphatic carbocycles. The lowest BCUT2D eigenvalue weighted by Crippen LogP contribution is -2.62. The molecule has 0 spiro atoms. The van der Waals surface area contributed by atoms with Crippen LogP contribution in [0, 0.1) is 17.8 Å². The molecule has 3 saturated heterocycles. The number of fused-ring (bicyclic) bond motifs is 5. The SMILES string of the molecule is CCC(=O)/N=C1\[C@H](C)C[C@@]2(C)OCC(=NOCc3coc(-c4cccc(N)n4)n3)CO[C@H]([C@H]1C)[C@](C)(O)[C@@H](CC)OC(=O)[C@@](C)(F)C(=O)[C@H](C)[C@H]2O[C@@H]1O[C@H](C)C[C@H](N(C)C)[C@H]1OC(C)=O. The third-order valence-corrected chi connectivity index (χ3v) is 12.6. The molecule has 2 bridgehead atoms. The number of halogens is 1. The number of esters is 2. The summed E-state index contributed by atoms with van der Waals surface area (Å²) in [5, 5.41) is 16.9. The molecular weight excluding hydrogens is 864 g/mol. The number of aromatic nitrogens is 2. The van der Waals surface area contributed by atoms with Crippen LogP contribution in [-0.2, 0) is 59.0 Å². The van der Waals surface area contributed by atoms with E-state index in [0.29, 0.717) is 23.5 Å². The summed E-state index contributed by atoms with van der Waals surface area (Å²) in [5.74, 6) is -6.39. The Morgan fingerprint density at radius 2 is 1.77 bits per heavy atom. The first-order valence-corrected chi connectivity index (χ1v) is 22.5. The van der Waals surface area contributed by atoms with E-state index in [0.717, 1.165) is 6.92 Å². The lowest BCUT2D eigenvalue weighted by Gasteiger charge is -2.48. The molecule has 3 fully saturated rings. The van der Waals surface area contributed by atoms with E-state index in [1.54, 1.807) is 45.9 Å². The highest BCUT2D eigenvalue weighted by Crippen LogP contribution is 2.41. The number of cyclic esters (lactones) is 1. The minimum atomic E-state index is -3.27. The standard InChI is InChI=1S/C46H67FN6O13/c1-13-33-46(10,58)40-26(5)36(51-35(55)14-2)24(3)19-44(8,61-22-30(21-59-40)52-62-23-29-20-60-41(49-29)31-16-15-17-34(48)50-31)39(27(6)38(56)45(9,47)43(57)65-33)66-42-37(64-28(7)54)32(53(11)12)18-25(4)63-42/h15-17,20,24-27,32-33,37,39-40,42,58H,13-14,18-19,21-23H2,1-12H3,(H2,48,50)/b51-36+,52-30?/t24-,25-,26+,27+,32+,33-,37-,39-,40-,42+,44-,45+,46-/m1/s1. The third kappa shape index (κ3) is 11.9. The molecule has 0 saturated carbocycles. The first-order chi connectivity index (χ1) is 30.9. The Balaban J connectivity index is 1.70. The molecule has 0 radical (unpaired) electrons. The van der Waals surface area contributed by atoms with Crippen LogP contribution in [0.25, 0.3) is 11.6 Å². The van der Waals surface area contributed by atoms with Gasteiger partial charge in [-0.2, -0.15) is 0 Å². The minimum Gasteiger partial charge on any atom is -0.457 e. The number of pyridine rings is 1. The summed E-state index contributed by atoms with van der Waals surface area (Å²) in [6, 6.07) is 4.61. The topological polar surface area (TPSA) is 246 Å². The minimum absolute atomic E-state index is 0.0371.